The van der Waals surface area contributed by atoms with Gasteiger partial charge in [-0.25, -0.2) is 4.39 Å². The van der Waals surface area contributed by atoms with Crippen molar-refractivity contribution in [3.8, 4) is 0 Å². The third-order valence-electron chi connectivity index (χ3n) is 4.09. The molecule has 1 aromatic rings. The van der Waals surface area contributed by atoms with E-state index < -0.39 is 5.82 Å². The van der Waals surface area contributed by atoms with E-state index in [1.165, 1.54) is 37.3 Å². The fraction of sp³-hybridized carbons (Fsp3) is 0.542. The first kappa shape index (κ1) is 30.8. The average Bonchev–Trinajstić information content (AvgIpc) is 2.72. The number of aliphatic hydroxyl groups excluding tert-OH is 1. The Balaban J connectivity index is 0. The van der Waals surface area contributed by atoms with Gasteiger partial charge in [-0.05, 0) is 57.4 Å². The maximum absolute atomic E-state index is 13.9. The first-order valence-electron chi connectivity index (χ1n) is 10.8. The highest BCUT2D eigenvalue weighted by molar-refractivity contribution is 5.58. The van der Waals surface area contributed by atoms with Gasteiger partial charge >= 0.3 is 0 Å². The fourth-order valence-corrected chi connectivity index (χ4v) is 2.30. The Morgan fingerprint density at radius 2 is 1.81 bits per heavy atom. The van der Waals surface area contributed by atoms with E-state index in [2.05, 4.69) is 12.2 Å². The summed E-state index contributed by atoms with van der Waals surface area (Å²) in [5, 5.41) is 19.6. The van der Waals surface area contributed by atoms with Crippen molar-refractivity contribution >= 4 is 12.1 Å². The number of anilines is 1. The molecule has 0 unspecified atom stereocenters. The lowest BCUT2D eigenvalue weighted by atomic mass is 9.88. The summed E-state index contributed by atoms with van der Waals surface area (Å²) < 4.78 is 13.9. The summed E-state index contributed by atoms with van der Waals surface area (Å²) in [5.41, 5.74) is 4.17. The number of hydrogen-bond donors (Lipinski definition) is 4. The molecule has 4 N–H and O–H groups in total. The number of hydrogen-bond acceptors (Lipinski definition) is 5. The van der Waals surface area contributed by atoms with Gasteiger partial charge in [0.25, 0.3) is 0 Å². The van der Waals surface area contributed by atoms with Gasteiger partial charge in [0.15, 0.2) is 0 Å². The Hall–Kier alpha value is -2.38. The van der Waals surface area contributed by atoms with E-state index in [1.807, 2.05) is 33.2 Å². The van der Waals surface area contributed by atoms with E-state index in [-0.39, 0.29) is 23.8 Å². The van der Waals surface area contributed by atoms with Crippen molar-refractivity contribution in [2.24, 2.45) is 5.92 Å². The van der Waals surface area contributed by atoms with Crippen molar-refractivity contribution in [2.75, 3.05) is 19.0 Å². The molecular weight excluding hydrogens is 397 g/mol. The van der Waals surface area contributed by atoms with Crippen molar-refractivity contribution in [2.45, 2.75) is 67.7 Å². The second-order valence-electron chi connectivity index (χ2n) is 7.27. The second kappa shape index (κ2) is 18.4. The molecule has 6 nitrogen and oxygen atoms in total. The summed E-state index contributed by atoms with van der Waals surface area (Å²) in [7, 11) is 1.50. The fourth-order valence-electron chi connectivity index (χ4n) is 2.30. The van der Waals surface area contributed by atoms with Gasteiger partial charge in [0.05, 0.1) is 5.69 Å². The second-order valence-corrected chi connectivity index (χ2v) is 7.27. The highest BCUT2D eigenvalue weighted by atomic mass is 19.1. The van der Waals surface area contributed by atoms with Crippen LogP contribution in [0, 0.1) is 18.7 Å². The van der Waals surface area contributed by atoms with E-state index >= 15 is 0 Å². The van der Waals surface area contributed by atoms with E-state index in [0.29, 0.717) is 6.41 Å². The third-order valence-corrected chi connectivity index (χ3v) is 4.09. The number of hydroxylamine groups is 1. The molecule has 0 aromatic heterocycles. The molecule has 1 amide bonds. The first-order chi connectivity index (χ1) is 14.7. The largest absolute Gasteiger partial charge is 0.397 e. The minimum absolute atomic E-state index is 0.208. The molecule has 1 saturated carbocycles. The minimum Gasteiger partial charge on any atom is -0.397 e. The van der Waals surface area contributed by atoms with E-state index in [4.69, 9.17) is 5.11 Å². The normalized spacial score (nSPS) is 12.6. The van der Waals surface area contributed by atoms with Gasteiger partial charge in [-0.2, -0.15) is 0 Å². The molecule has 1 aliphatic rings. The molecule has 1 aliphatic carbocycles. The summed E-state index contributed by atoms with van der Waals surface area (Å²) in [6, 6.07) is 4.70. The molecule has 2 rings (SSSR count). The van der Waals surface area contributed by atoms with Crippen LogP contribution in [0.4, 0.5) is 10.1 Å². The first-order valence-corrected chi connectivity index (χ1v) is 10.8. The molecule has 1 fully saturated rings. The van der Waals surface area contributed by atoms with Gasteiger partial charge in [0, 0.05) is 13.7 Å². The lowest BCUT2D eigenvalue weighted by molar-refractivity contribution is -0.115. The van der Waals surface area contributed by atoms with Gasteiger partial charge in [0.1, 0.15) is 17.3 Å². The highest BCUT2D eigenvalue weighted by Gasteiger charge is 2.13. The zero-order valence-electron chi connectivity index (χ0n) is 20.4. The molecule has 1 aromatic carbocycles. The van der Waals surface area contributed by atoms with Gasteiger partial charge in [-0.3, -0.25) is 15.5 Å². The Morgan fingerprint density at radius 3 is 2.13 bits per heavy atom. The van der Waals surface area contributed by atoms with Crippen LogP contribution in [0.3, 0.4) is 0 Å². The molecule has 0 aliphatic heterocycles. The number of halogens is 1. The summed E-state index contributed by atoms with van der Waals surface area (Å²) >= 11 is 0. The van der Waals surface area contributed by atoms with Crippen LogP contribution < -0.4 is 10.8 Å². The molecule has 0 bridgehead atoms. The molecule has 0 radical (unpaired) electrons. The summed E-state index contributed by atoms with van der Waals surface area (Å²) in [4.78, 5) is 12.2. The van der Waals surface area contributed by atoms with E-state index in [9.17, 15) is 14.4 Å². The lowest BCUT2D eigenvalue weighted by Gasteiger charge is -2.21. The molecule has 7 heteroatoms. The quantitative estimate of drug-likeness (QED) is 0.264. The number of rotatable bonds is 6. The van der Waals surface area contributed by atoms with Gasteiger partial charge in [0.2, 0.25) is 6.41 Å². The molecule has 0 saturated heterocycles. The number of carbonyl (C=O) groups excluding carboxylic acids is 1. The van der Waals surface area contributed by atoms with Crippen LogP contribution in [0.2, 0.25) is 0 Å². The summed E-state index contributed by atoms with van der Waals surface area (Å²) in [5.74, 6) is 0.854. The third kappa shape index (κ3) is 13.5. The number of carbonyl (C=O) groups is 1. The molecule has 0 heterocycles. The van der Waals surface area contributed by atoms with Crippen molar-refractivity contribution in [1.82, 2.24) is 10.4 Å². The predicted octanol–water partition coefficient (Wildman–Crippen LogP) is 5.58. The number of benzene rings is 1. The lowest BCUT2D eigenvalue weighted by Crippen LogP contribution is -2.27. The summed E-state index contributed by atoms with van der Waals surface area (Å²) in [6.07, 6.45) is 6.65. The molecule has 178 valence electrons. The van der Waals surface area contributed by atoms with Crippen molar-refractivity contribution in [1.29, 1.82) is 0 Å². The van der Waals surface area contributed by atoms with Crippen LogP contribution in [0.15, 0.2) is 41.4 Å². The van der Waals surface area contributed by atoms with Crippen molar-refractivity contribution < 1.29 is 19.5 Å². The van der Waals surface area contributed by atoms with Crippen LogP contribution in [0.1, 0.15) is 66.4 Å². The SMILES string of the molecule is CC.CC(C)=C/C(NO)=C(/Nc1ccc(C)cc1F)N(C)C=O.CC1CCC1.CCO. The Bertz CT molecular complexity index is 683. The number of aliphatic hydroxyl groups is 1. The van der Waals surface area contributed by atoms with Crippen molar-refractivity contribution in [3.63, 3.8) is 0 Å². The Morgan fingerprint density at radius 1 is 1.29 bits per heavy atom. The molecular formula is C24H42FN3O3. The topological polar surface area (TPSA) is 84.8 Å². The number of nitrogens with one attached hydrogen (secondary N) is 2. The monoisotopic (exact) mass is 439 g/mol. The van der Waals surface area contributed by atoms with E-state index in [1.54, 1.807) is 32.1 Å². The predicted molar refractivity (Wildman–Crippen MR) is 127 cm³/mol. The van der Waals surface area contributed by atoms with Crippen LogP contribution in [0.5, 0.6) is 0 Å². The zero-order valence-corrected chi connectivity index (χ0v) is 20.4. The van der Waals surface area contributed by atoms with Crippen LogP contribution in [-0.4, -0.2) is 35.3 Å². The Kier molecular flexibility index (Phi) is 18.3. The number of aryl methyl sites for hydroxylation is 1. The van der Waals surface area contributed by atoms with Crippen LogP contribution >= 0.6 is 0 Å². The van der Waals surface area contributed by atoms with Crippen LogP contribution in [0.25, 0.3) is 0 Å². The smallest absolute Gasteiger partial charge is 0.215 e. The molecule has 0 spiro atoms. The molecule has 0 atom stereocenters. The maximum atomic E-state index is 13.9. The summed E-state index contributed by atoms with van der Waals surface area (Å²) in [6.45, 7) is 13.7. The van der Waals surface area contributed by atoms with Gasteiger partial charge in [-0.15, -0.1) is 0 Å². The average molecular weight is 440 g/mol. The van der Waals surface area contributed by atoms with Gasteiger partial charge in [-0.1, -0.05) is 51.7 Å². The van der Waals surface area contributed by atoms with Crippen LogP contribution in [-0.2, 0) is 4.79 Å². The zero-order chi connectivity index (χ0) is 24.4. The van der Waals surface area contributed by atoms with Gasteiger partial charge < -0.3 is 15.3 Å². The highest BCUT2D eigenvalue weighted by Crippen LogP contribution is 2.24. The Labute approximate surface area is 187 Å². The number of nitrogens with zero attached hydrogens (tertiary/aromatic N) is 1. The van der Waals surface area contributed by atoms with E-state index in [0.717, 1.165) is 17.1 Å². The standard InChI is InChI=1S/C15H20FN3O2.C5H10.C2H6O.C2H6/c1-10(2)7-14(18-21)15(19(4)9-20)17-13-6-5-11(3)8-12(13)16;1-5-3-2-4-5;1-2-3;1-2/h5-9,17-18,21H,1-4H3;5H,2-4H2,1H3;3H,2H2,1H3;1-2H3/b15-14+;;;. The molecule has 31 heavy (non-hydrogen) atoms. The number of amides is 1. The van der Waals surface area contributed by atoms with Crippen molar-refractivity contribution in [3.05, 3.63) is 52.7 Å². The maximum Gasteiger partial charge on any atom is 0.215 e. The minimum atomic E-state index is -0.443. The number of allylic oxidation sites excluding steroid dienone is 2.